The third-order valence-corrected chi connectivity index (χ3v) is 3.26. The second-order valence-corrected chi connectivity index (χ2v) is 4.57. The second-order valence-electron chi connectivity index (χ2n) is 4.57. The van der Waals surface area contributed by atoms with Crippen molar-refractivity contribution in [1.29, 1.82) is 0 Å². The largest absolute Gasteiger partial charge is 0.508 e. The minimum atomic E-state index is -0.165. The average molecular weight is 270 g/mol. The fourth-order valence-electron chi connectivity index (χ4n) is 2.20. The highest BCUT2D eigenvalue weighted by atomic mass is 16.5. The van der Waals surface area contributed by atoms with Crippen molar-refractivity contribution in [3.63, 3.8) is 0 Å². The molecule has 0 spiro atoms. The summed E-state index contributed by atoms with van der Waals surface area (Å²) < 4.78 is 6.83. The number of phenolic OH excluding ortho intramolecular Hbond substituents is 1. The summed E-state index contributed by atoms with van der Waals surface area (Å²) in [7, 11) is 1.59. The Balaban J connectivity index is 2.08. The summed E-state index contributed by atoms with van der Waals surface area (Å²) in [6.45, 7) is 0.437. The Labute approximate surface area is 115 Å². The van der Waals surface area contributed by atoms with Gasteiger partial charge < -0.3 is 14.8 Å². The number of fused-ring (bicyclic) bond motifs is 1. The smallest absolute Gasteiger partial charge is 0.326 e. The van der Waals surface area contributed by atoms with Gasteiger partial charge in [-0.25, -0.2) is 4.79 Å². The van der Waals surface area contributed by atoms with Gasteiger partial charge in [0.15, 0.2) is 0 Å². The van der Waals surface area contributed by atoms with Gasteiger partial charge in [-0.15, -0.1) is 0 Å². The standard InChI is InChI=1S/C15H14N2O3/c1-20-12-6-7-13-14(8-12)17(15(19)16-13)9-10-2-4-11(18)5-3-10/h2-8,18H,9H2,1H3,(H,16,19). The first-order valence-electron chi connectivity index (χ1n) is 6.22. The molecule has 1 aromatic heterocycles. The first-order chi connectivity index (χ1) is 9.67. The number of methoxy groups -OCH3 is 1. The lowest BCUT2D eigenvalue weighted by Gasteiger charge is -2.05. The number of nitrogens with one attached hydrogen (secondary N) is 1. The summed E-state index contributed by atoms with van der Waals surface area (Å²) in [4.78, 5) is 14.8. The zero-order valence-corrected chi connectivity index (χ0v) is 11.0. The molecule has 2 aromatic carbocycles. The van der Waals surface area contributed by atoms with E-state index in [1.807, 2.05) is 18.2 Å². The van der Waals surface area contributed by atoms with Crippen LogP contribution in [0.4, 0.5) is 0 Å². The average Bonchev–Trinajstić information content (AvgIpc) is 2.77. The summed E-state index contributed by atoms with van der Waals surface area (Å²) in [5.41, 5.74) is 2.34. The van der Waals surface area contributed by atoms with Crippen LogP contribution in [0.15, 0.2) is 47.3 Å². The van der Waals surface area contributed by atoms with Gasteiger partial charge in [-0.05, 0) is 29.8 Å². The van der Waals surface area contributed by atoms with Crippen molar-refractivity contribution in [3.8, 4) is 11.5 Å². The summed E-state index contributed by atoms with van der Waals surface area (Å²) >= 11 is 0. The number of aromatic hydroxyl groups is 1. The molecular formula is C15H14N2O3. The number of nitrogens with zero attached hydrogens (tertiary/aromatic N) is 1. The van der Waals surface area contributed by atoms with Crippen molar-refractivity contribution in [3.05, 3.63) is 58.5 Å². The van der Waals surface area contributed by atoms with E-state index < -0.39 is 0 Å². The predicted octanol–water partition coefficient (Wildman–Crippen LogP) is 2.09. The van der Waals surface area contributed by atoms with Gasteiger partial charge in [0.05, 0.1) is 24.7 Å². The second kappa shape index (κ2) is 4.77. The number of ether oxygens (including phenoxy) is 1. The van der Waals surface area contributed by atoms with Gasteiger partial charge in [0.25, 0.3) is 0 Å². The molecule has 1 heterocycles. The first-order valence-corrected chi connectivity index (χ1v) is 6.22. The maximum Gasteiger partial charge on any atom is 0.326 e. The molecule has 0 radical (unpaired) electrons. The minimum absolute atomic E-state index is 0.165. The van der Waals surface area contributed by atoms with Crippen LogP contribution >= 0.6 is 0 Å². The Kier molecular flexibility index (Phi) is 2.95. The highest BCUT2D eigenvalue weighted by Gasteiger charge is 2.08. The first kappa shape index (κ1) is 12.3. The van der Waals surface area contributed by atoms with Crippen LogP contribution in [-0.2, 0) is 6.54 Å². The van der Waals surface area contributed by atoms with Crippen LogP contribution in [-0.4, -0.2) is 21.8 Å². The van der Waals surface area contributed by atoms with Crippen LogP contribution < -0.4 is 10.4 Å². The molecule has 3 aromatic rings. The number of phenols is 1. The number of H-pyrrole nitrogens is 1. The topological polar surface area (TPSA) is 67.2 Å². The van der Waals surface area contributed by atoms with Crippen LogP contribution in [0, 0.1) is 0 Å². The molecule has 2 N–H and O–H groups in total. The maximum atomic E-state index is 12.0. The van der Waals surface area contributed by atoms with E-state index >= 15 is 0 Å². The number of aromatic nitrogens is 2. The molecule has 0 saturated carbocycles. The Morgan fingerprint density at radius 2 is 1.95 bits per heavy atom. The molecule has 0 aliphatic heterocycles. The number of hydrogen-bond acceptors (Lipinski definition) is 3. The number of rotatable bonds is 3. The van der Waals surface area contributed by atoms with E-state index in [1.54, 1.807) is 35.9 Å². The Hall–Kier alpha value is -2.69. The zero-order chi connectivity index (χ0) is 14.1. The summed E-state index contributed by atoms with van der Waals surface area (Å²) in [6.07, 6.45) is 0. The van der Waals surface area contributed by atoms with Crippen LogP contribution in [0.2, 0.25) is 0 Å². The van der Waals surface area contributed by atoms with Crippen LogP contribution in [0.3, 0.4) is 0 Å². The molecule has 0 unspecified atom stereocenters. The SMILES string of the molecule is COc1ccc2[nH]c(=O)n(Cc3ccc(O)cc3)c2c1. The van der Waals surface area contributed by atoms with Gasteiger partial charge in [-0.1, -0.05) is 12.1 Å². The van der Waals surface area contributed by atoms with Crippen LogP contribution in [0.1, 0.15) is 5.56 Å². The van der Waals surface area contributed by atoms with Crippen LogP contribution in [0.25, 0.3) is 11.0 Å². The lowest BCUT2D eigenvalue weighted by atomic mass is 10.2. The molecule has 0 fully saturated rings. The van der Waals surface area contributed by atoms with Gasteiger partial charge in [0, 0.05) is 6.07 Å². The van der Waals surface area contributed by atoms with Gasteiger partial charge in [0.1, 0.15) is 11.5 Å². The number of benzene rings is 2. The zero-order valence-electron chi connectivity index (χ0n) is 11.0. The molecular weight excluding hydrogens is 256 g/mol. The quantitative estimate of drug-likeness (QED) is 0.765. The number of imidazole rings is 1. The maximum absolute atomic E-state index is 12.0. The van der Waals surface area contributed by atoms with E-state index in [4.69, 9.17) is 4.74 Å². The highest BCUT2D eigenvalue weighted by molar-refractivity contribution is 5.77. The van der Waals surface area contributed by atoms with E-state index in [9.17, 15) is 9.90 Å². The third-order valence-electron chi connectivity index (χ3n) is 3.26. The van der Waals surface area contributed by atoms with Crippen molar-refractivity contribution in [2.45, 2.75) is 6.54 Å². The van der Waals surface area contributed by atoms with Gasteiger partial charge >= 0.3 is 5.69 Å². The minimum Gasteiger partial charge on any atom is -0.508 e. The number of hydrogen-bond donors (Lipinski definition) is 2. The lowest BCUT2D eigenvalue weighted by molar-refractivity contribution is 0.415. The van der Waals surface area contributed by atoms with Crippen molar-refractivity contribution >= 4 is 11.0 Å². The fourth-order valence-corrected chi connectivity index (χ4v) is 2.20. The molecule has 0 amide bonds. The van der Waals surface area contributed by atoms with Gasteiger partial charge in [-0.3, -0.25) is 4.57 Å². The Morgan fingerprint density at radius 3 is 2.65 bits per heavy atom. The fraction of sp³-hybridized carbons (Fsp3) is 0.133. The molecule has 5 nitrogen and oxygen atoms in total. The van der Waals surface area contributed by atoms with Crippen molar-refractivity contribution < 1.29 is 9.84 Å². The van der Waals surface area contributed by atoms with Crippen molar-refractivity contribution in [2.75, 3.05) is 7.11 Å². The normalized spacial score (nSPS) is 10.8. The number of aromatic amines is 1. The van der Waals surface area contributed by atoms with E-state index in [0.29, 0.717) is 12.3 Å². The molecule has 0 atom stereocenters. The Morgan fingerprint density at radius 1 is 1.20 bits per heavy atom. The van der Waals surface area contributed by atoms with Crippen LogP contribution in [0.5, 0.6) is 11.5 Å². The molecule has 5 heteroatoms. The molecule has 102 valence electrons. The monoisotopic (exact) mass is 270 g/mol. The van der Waals surface area contributed by atoms with Gasteiger partial charge in [0.2, 0.25) is 0 Å². The predicted molar refractivity (Wildman–Crippen MR) is 76.3 cm³/mol. The molecule has 0 aliphatic carbocycles. The van der Waals surface area contributed by atoms with E-state index in [1.165, 1.54) is 0 Å². The molecule has 0 bridgehead atoms. The summed E-state index contributed by atoms with van der Waals surface area (Å²) in [6, 6.07) is 12.3. The van der Waals surface area contributed by atoms with Crippen molar-refractivity contribution in [1.82, 2.24) is 9.55 Å². The summed E-state index contributed by atoms with van der Waals surface area (Å²) in [5.74, 6) is 0.914. The Bertz CT molecular complexity index is 800. The van der Waals surface area contributed by atoms with Gasteiger partial charge in [-0.2, -0.15) is 0 Å². The van der Waals surface area contributed by atoms with E-state index in [2.05, 4.69) is 4.98 Å². The summed E-state index contributed by atoms with van der Waals surface area (Å²) in [5, 5.41) is 9.29. The van der Waals surface area contributed by atoms with E-state index in [-0.39, 0.29) is 11.4 Å². The highest BCUT2D eigenvalue weighted by Crippen LogP contribution is 2.19. The van der Waals surface area contributed by atoms with E-state index in [0.717, 1.165) is 16.6 Å². The lowest BCUT2D eigenvalue weighted by Crippen LogP contribution is -2.17. The molecule has 3 rings (SSSR count). The third kappa shape index (κ3) is 2.14. The van der Waals surface area contributed by atoms with Crippen molar-refractivity contribution in [2.24, 2.45) is 0 Å². The molecule has 20 heavy (non-hydrogen) atoms. The molecule has 0 aliphatic rings. The molecule has 0 saturated heterocycles.